The molecule has 6 heteroatoms. The maximum Gasteiger partial charge on any atom is 0.328 e. The second kappa shape index (κ2) is 6.04. The van der Waals surface area contributed by atoms with Crippen molar-refractivity contribution < 1.29 is 19.4 Å². The van der Waals surface area contributed by atoms with E-state index in [0.717, 1.165) is 16.5 Å². The number of aliphatic hydroxyl groups excluding tert-OH is 1. The van der Waals surface area contributed by atoms with Gasteiger partial charge in [-0.25, -0.2) is 4.79 Å². The summed E-state index contributed by atoms with van der Waals surface area (Å²) in [6.07, 6.45) is 1.45. The number of esters is 1. The van der Waals surface area contributed by atoms with E-state index < -0.39 is 24.0 Å². The molecule has 122 valence electrons. The molecule has 1 aliphatic rings. The number of β-amino-alcohol motifs (C(OH)–C–C–N with tert-alkyl or cyclic N) is 1. The topological polar surface area (TPSA) is 82.6 Å². The van der Waals surface area contributed by atoms with Crippen molar-refractivity contribution in [3.8, 4) is 0 Å². The molecule has 3 unspecified atom stereocenters. The Balaban J connectivity index is 1.91. The number of para-hydroxylation sites is 1. The van der Waals surface area contributed by atoms with Crippen LogP contribution in [0.25, 0.3) is 10.9 Å². The van der Waals surface area contributed by atoms with Crippen molar-refractivity contribution in [3.05, 3.63) is 36.0 Å². The van der Waals surface area contributed by atoms with Crippen molar-refractivity contribution in [2.24, 2.45) is 5.92 Å². The molecule has 3 atom stereocenters. The van der Waals surface area contributed by atoms with Gasteiger partial charge in [0.15, 0.2) is 0 Å². The minimum atomic E-state index is -0.752. The van der Waals surface area contributed by atoms with Crippen LogP contribution in [0.5, 0.6) is 0 Å². The molecule has 0 radical (unpaired) electrons. The minimum absolute atomic E-state index is 0.155. The van der Waals surface area contributed by atoms with Gasteiger partial charge in [0.1, 0.15) is 6.04 Å². The van der Waals surface area contributed by atoms with E-state index in [1.54, 1.807) is 6.92 Å². The third-order valence-electron chi connectivity index (χ3n) is 4.57. The predicted octanol–water partition coefficient (Wildman–Crippen LogP) is 1.09. The molecule has 0 spiro atoms. The maximum atomic E-state index is 12.3. The van der Waals surface area contributed by atoms with Gasteiger partial charge in [0, 0.05) is 30.1 Å². The number of carbonyl (C=O) groups is 2. The molecular formula is C17H20N2O4. The highest BCUT2D eigenvalue weighted by Gasteiger charge is 2.42. The Kier molecular flexibility index (Phi) is 4.09. The highest BCUT2D eigenvalue weighted by molar-refractivity contribution is 5.89. The molecular weight excluding hydrogens is 296 g/mol. The number of methoxy groups -OCH3 is 1. The summed E-state index contributed by atoms with van der Waals surface area (Å²) in [7, 11) is 1.31. The van der Waals surface area contributed by atoms with Gasteiger partial charge in [0.2, 0.25) is 5.91 Å². The van der Waals surface area contributed by atoms with Gasteiger partial charge in [-0.15, -0.1) is 0 Å². The van der Waals surface area contributed by atoms with Crippen LogP contribution in [0.1, 0.15) is 12.5 Å². The number of amides is 1. The number of rotatable bonds is 4. The predicted molar refractivity (Wildman–Crippen MR) is 84.7 cm³/mol. The van der Waals surface area contributed by atoms with E-state index in [9.17, 15) is 14.7 Å². The van der Waals surface area contributed by atoms with E-state index in [0.29, 0.717) is 6.42 Å². The number of ether oxygens (including phenoxy) is 1. The van der Waals surface area contributed by atoms with Crippen molar-refractivity contribution in [2.45, 2.75) is 25.5 Å². The normalized spacial score (nSPS) is 22.6. The smallest absolute Gasteiger partial charge is 0.328 e. The van der Waals surface area contributed by atoms with E-state index in [-0.39, 0.29) is 12.5 Å². The highest BCUT2D eigenvalue weighted by atomic mass is 16.5. The first-order valence-electron chi connectivity index (χ1n) is 7.64. The van der Waals surface area contributed by atoms with Gasteiger partial charge in [-0.1, -0.05) is 25.1 Å². The van der Waals surface area contributed by atoms with Crippen LogP contribution in [0, 0.1) is 5.92 Å². The fourth-order valence-corrected chi connectivity index (χ4v) is 3.12. The average Bonchev–Trinajstić information content (AvgIpc) is 3.08. The van der Waals surface area contributed by atoms with Crippen LogP contribution in [-0.4, -0.2) is 52.7 Å². The zero-order valence-corrected chi connectivity index (χ0v) is 13.2. The van der Waals surface area contributed by atoms with Gasteiger partial charge < -0.3 is 19.7 Å². The van der Waals surface area contributed by atoms with Gasteiger partial charge in [-0.2, -0.15) is 0 Å². The van der Waals surface area contributed by atoms with Crippen LogP contribution in [-0.2, 0) is 20.7 Å². The second-order valence-corrected chi connectivity index (χ2v) is 5.95. The summed E-state index contributed by atoms with van der Waals surface area (Å²) in [4.78, 5) is 29.1. The zero-order valence-electron chi connectivity index (χ0n) is 13.2. The molecule has 0 bridgehead atoms. The van der Waals surface area contributed by atoms with Gasteiger partial charge in [0.25, 0.3) is 0 Å². The number of H-pyrrole nitrogens is 1. The van der Waals surface area contributed by atoms with Gasteiger partial charge in [0.05, 0.1) is 19.1 Å². The molecule has 1 amide bonds. The van der Waals surface area contributed by atoms with Crippen molar-refractivity contribution in [2.75, 3.05) is 13.7 Å². The van der Waals surface area contributed by atoms with Crippen LogP contribution < -0.4 is 0 Å². The fourth-order valence-electron chi connectivity index (χ4n) is 3.12. The highest BCUT2D eigenvalue weighted by Crippen LogP contribution is 2.25. The largest absolute Gasteiger partial charge is 0.467 e. The van der Waals surface area contributed by atoms with Crippen molar-refractivity contribution in [3.63, 3.8) is 0 Å². The molecule has 1 aromatic heterocycles. The quantitative estimate of drug-likeness (QED) is 0.827. The molecule has 6 nitrogen and oxygen atoms in total. The SMILES string of the molecule is COC(=O)C(Cc1c[nH]c2ccccc12)N1CC(O)C(C)C1=O. The Labute approximate surface area is 134 Å². The number of aromatic amines is 1. The molecule has 2 aromatic rings. The molecule has 0 aliphatic carbocycles. The van der Waals surface area contributed by atoms with Crippen LogP contribution in [0.2, 0.25) is 0 Å². The first-order valence-corrected chi connectivity index (χ1v) is 7.64. The number of aliphatic hydroxyl groups is 1. The minimum Gasteiger partial charge on any atom is -0.467 e. The number of carbonyl (C=O) groups excluding carboxylic acids is 2. The number of benzene rings is 1. The number of nitrogens with one attached hydrogen (secondary N) is 1. The summed E-state index contributed by atoms with van der Waals surface area (Å²) < 4.78 is 4.88. The molecule has 1 fully saturated rings. The number of fused-ring (bicyclic) bond motifs is 1. The summed E-state index contributed by atoms with van der Waals surface area (Å²) >= 11 is 0. The van der Waals surface area contributed by atoms with Gasteiger partial charge >= 0.3 is 5.97 Å². The van der Waals surface area contributed by atoms with Crippen molar-refractivity contribution >= 4 is 22.8 Å². The number of hydrogen-bond acceptors (Lipinski definition) is 4. The lowest BCUT2D eigenvalue weighted by Gasteiger charge is -2.25. The third kappa shape index (κ3) is 2.70. The molecule has 0 saturated carbocycles. The summed E-state index contributed by atoms with van der Waals surface area (Å²) in [6.45, 7) is 1.83. The van der Waals surface area contributed by atoms with Crippen molar-refractivity contribution in [1.82, 2.24) is 9.88 Å². The fraction of sp³-hybridized carbons (Fsp3) is 0.412. The Morgan fingerprint density at radius 2 is 2.22 bits per heavy atom. The van der Waals surface area contributed by atoms with Gasteiger partial charge in [-0.3, -0.25) is 4.79 Å². The summed E-state index contributed by atoms with van der Waals surface area (Å²) in [5.74, 6) is -1.18. The number of aromatic nitrogens is 1. The van der Waals surface area contributed by atoms with Crippen LogP contribution >= 0.6 is 0 Å². The Morgan fingerprint density at radius 3 is 2.87 bits per heavy atom. The van der Waals surface area contributed by atoms with Crippen molar-refractivity contribution in [1.29, 1.82) is 0 Å². The Bertz CT molecular complexity index is 739. The molecule has 23 heavy (non-hydrogen) atoms. The van der Waals surface area contributed by atoms with E-state index in [1.165, 1.54) is 12.0 Å². The molecule has 2 N–H and O–H groups in total. The third-order valence-corrected chi connectivity index (χ3v) is 4.57. The monoisotopic (exact) mass is 316 g/mol. The molecule has 1 saturated heterocycles. The van der Waals surface area contributed by atoms with Crippen LogP contribution in [0.15, 0.2) is 30.5 Å². The van der Waals surface area contributed by atoms with E-state index in [2.05, 4.69) is 4.98 Å². The maximum absolute atomic E-state index is 12.3. The van der Waals surface area contributed by atoms with E-state index in [1.807, 2.05) is 30.5 Å². The Morgan fingerprint density at radius 1 is 1.48 bits per heavy atom. The van der Waals surface area contributed by atoms with Gasteiger partial charge in [-0.05, 0) is 11.6 Å². The van der Waals surface area contributed by atoms with Crippen LogP contribution in [0.3, 0.4) is 0 Å². The lowest BCUT2D eigenvalue weighted by atomic mass is 10.0. The zero-order chi connectivity index (χ0) is 16.6. The lowest BCUT2D eigenvalue weighted by Crippen LogP contribution is -2.45. The summed E-state index contributed by atoms with van der Waals surface area (Å²) in [5, 5.41) is 10.9. The summed E-state index contributed by atoms with van der Waals surface area (Å²) in [6, 6.07) is 7.06. The second-order valence-electron chi connectivity index (χ2n) is 5.95. The standard InChI is InChI=1S/C17H20N2O4/c1-10-15(20)9-19(16(10)21)14(17(22)23-2)7-11-8-18-13-6-4-3-5-12(11)13/h3-6,8,10,14-15,18,20H,7,9H2,1-2H3. The van der Waals surface area contributed by atoms with E-state index >= 15 is 0 Å². The first-order chi connectivity index (χ1) is 11.0. The average molecular weight is 316 g/mol. The number of hydrogen-bond donors (Lipinski definition) is 2. The molecule has 2 heterocycles. The van der Waals surface area contributed by atoms with Crippen LogP contribution in [0.4, 0.5) is 0 Å². The summed E-state index contributed by atoms with van der Waals surface area (Å²) in [5.41, 5.74) is 1.92. The first kappa shape index (κ1) is 15.6. The molecule has 1 aromatic carbocycles. The Hall–Kier alpha value is -2.34. The molecule has 1 aliphatic heterocycles. The molecule has 3 rings (SSSR count). The van der Waals surface area contributed by atoms with E-state index in [4.69, 9.17) is 4.74 Å². The lowest BCUT2D eigenvalue weighted by molar-refractivity contribution is -0.151. The number of likely N-dealkylation sites (tertiary alicyclic amines) is 1. The number of nitrogens with zero attached hydrogens (tertiary/aromatic N) is 1.